The van der Waals surface area contributed by atoms with Crippen molar-refractivity contribution in [3.8, 4) is 5.75 Å². The third-order valence-electron chi connectivity index (χ3n) is 3.58. The van der Waals surface area contributed by atoms with Gasteiger partial charge in [-0.25, -0.2) is 4.98 Å². The maximum absolute atomic E-state index is 10.8. The van der Waals surface area contributed by atoms with Crippen LogP contribution in [0.4, 0.5) is 5.69 Å². The minimum Gasteiger partial charge on any atom is -0.486 e. The van der Waals surface area contributed by atoms with Gasteiger partial charge in [-0.05, 0) is 43.2 Å². The molecule has 0 aliphatic carbocycles. The fourth-order valence-corrected chi connectivity index (χ4v) is 2.19. The molecule has 3 rings (SSSR count). The van der Waals surface area contributed by atoms with Crippen molar-refractivity contribution in [2.75, 3.05) is 0 Å². The molecule has 3 aromatic rings. The number of nitrogens with one attached hydrogen (secondary N) is 1. The van der Waals surface area contributed by atoms with Crippen LogP contribution in [-0.2, 0) is 6.61 Å². The van der Waals surface area contributed by atoms with E-state index in [4.69, 9.17) is 4.74 Å². The number of hydrogen-bond donors (Lipinski definition) is 1. The lowest BCUT2D eigenvalue weighted by atomic mass is 10.1. The molecule has 0 amide bonds. The zero-order chi connectivity index (χ0) is 15.7. The highest BCUT2D eigenvalue weighted by Gasteiger charge is 2.10. The molecule has 0 aliphatic heterocycles. The largest absolute Gasteiger partial charge is 0.486 e. The van der Waals surface area contributed by atoms with Crippen LogP contribution in [-0.4, -0.2) is 14.9 Å². The van der Waals surface area contributed by atoms with Crippen LogP contribution in [0.2, 0.25) is 0 Å². The molecule has 112 valence electrons. The van der Waals surface area contributed by atoms with Crippen LogP contribution in [0, 0.1) is 24.0 Å². The first-order chi connectivity index (χ1) is 10.5. The summed E-state index contributed by atoms with van der Waals surface area (Å²) in [5.41, 5.74) is 3.73. The fraction of sp³-hybridized carbons (Fsp3) is 0.188. The number of nitro groups is 1. The third kappa shape index (κ3) is 2.76. The van der Waals surface area contributed by atoms with Gasteiger partial charge in [0.25, 0.3) is 5.69 Å². The lowest BCUT2D eigenvalue weighted by Gasteiger charge is -2.06. The molecule has 1 aromatic heterocycles. The standard InChI is InChI=1S/C16H15N3O3/c1-10-3-5-13(7-11(10)2)22-9-16-17-14-6-4-12(19(20)21)8-15(14)18-16/h3-8H,9H2,1-2H3,(H,17,18). The lowest BCUT2D eigenvalue weighted by molar-refractivity contribution is -0.384. The summed E-state index contributed by atoms with van der Waals surface area (Å²) in [5, 5.41) is 10.8. The predicted octanol–water partition coefficient (Wildman–Crippen LogP) is 3.67. The normalized spacial score (nSPS) is 10.8. The number of hydrogen-bond acceptors (Lipinski definition) is 4. The fourth-order valence-electron chi connectivity index (χ4n) is 2.19. The number of nitro benzene ring substituents is 1. The molecule has 1 heterocycles. The minimum atomic E-state index is -0.425. The zero-order valence-corrected chi connectivity index (χ0v) is 12.3. The first-order valence-corrected chi connectivity index (χ1v) is 6.86. The Hall–Kier alpha value is -2.89. The number of fused-ring (bicyclic) bond motifs is 1. The Morgan fingerprint density at radius 3 is 2.73 bits per heavy atom. The number of aryl methyl sites for hydroxylation is 2. The Kier molecular flexibility index (Phi) is 3.50. The van der Waals surface area contributed by atoms with E-state index in [1.807, 2.05) is 32.0 Å². The second-order valence-corrected chi connectivity index (χ2v) is 5.18. The molecular weight excluding hydrogens is 282 g/mol. The lowest BCUT2D eigenvalue weighted by Crippen LogP contribution is -1.97. The molecule has 6 nitrogen and oxygen atoms in total. The average Bonchev–Trinajstić information content (AvgIpc) is 2.90. The van der Waals surface area contributed by atoms with Gasteiger partial charge in [0.2, 0.25) is 0 Å². The smallest absolute Gasteiger partial charge is 0.271 e. The summed E-state index contributed by atoms with van der Waals surface area (Å²) in [4.78, 5) is 17.8. The van der Waals surface area contributed by atoms with Crippen molar-refractivity contribution < 1.29 is 9.66 Å². The van der Waals surface area contributed by atoms with Crippen molar-refractivity contribution in [2.45, 2.75) is 20.5 Å². The Balaban J connectivity index is 1.79. The summed E-state index contributed by atoms with van der Waals surface area (Å²) in [6.07, 6.45) is 0. The van der Waals surface area contributed by atoms with Gasteiger partial charge in [-0.3, -0.25) is 10.1 Å². The number of aromatic amines is 1. The molecule has 0 bridgehead atoms. The van der Waals surface area contributed by atoms with Gasteiger partial charge in [-0.2, -0.15) is 0 Å². The quantitative estimate of drug-likeness (QED) is 0.588. The number of nitrogens with zero attached hydrogens (tertiary/aromatic N) is 2. The first kappa shape index (κ1) is 14.1. The number of aromatic nitrogens is 2. The van der Waals surface area contributed by atoms with Crippen molar-refractivity contribution in [2.24, 2.45) is 0 Å². The van der Waals surface area contributed by atoms with Crippen molar-refractivity contribution in [1.29, 1.82) is 0 Å². The van der Waals surface area contributed by atoms with E-state index >= 15 is 0 Å². The molecule has 0 atom stereocenters. The van der Waals surface area contributed by atoms with Gasteiger partial charge in [-0.15, -0.1) is 0 Å². The molecule has 0 saturated heterocycles. The number of H-pyrrole nitrogens is 1. The van der Waals surface area contributed by atoms with E-state index in [0.29, 0.717) is 16.9 Å². The Bertz CT molecular complexity index is 855. The van der Waals surface area contributed by atoms with Crippen LogP contribution in [0.5, 0.6) is 5.75 Å². The van der Waals surface area contributed by atoms with Gasteiger partial charge < -0.3 is 9.72 Å². The van der Waals surface area contributed by atoms with E-state index in [2.05, 4.69) is 9.97 Å². The molecule has 0 unspecified atom stereocenters. The monoisotopic (exact) mass is 297 g/mol. The zero-order valence-electron chi connectivity index (χ0n) is 12.3. The second-order valence-electron chi connectivity index (χ2n) is 5.18. The minimum absolute atomic E-state index is 0.0396. The van der Waals surface area contributed by atoms with Crippen molar-refractivity contribution in [3.05, 3.63) is 63.5 Å². The number of benzene rings is 2. The molecule has 1 N–H and O–H groups in total. The molecule has 0 radical (unpaired) electrons. The topological polar surface area (TPSA) is 81.1 Å². The van der Waals surface area contributed by atoms with Crippen LogP contribution in [0.3, 0.4) is 0 Å². The highest BCUT2D eigenvalue weighted by atomic mass is 16.6. The van der Waals surface area contributed by atoms with Gasteiger partial charge >= 0.3 is 0 Å². The highest BCUT2D eigenvalue weighted by Crippen LogP contribution is 2.20. The van der Waals surface area contributed by atoms with Crippen LogP contribution in [0.1, 0.15) is 17.0 Å². The van der Waals surface area contributed by atoms with Gasteiger partial charge in [0.15, 0.2) is 0 Å². The van der Waals surface area contributed by atoms with Crippen LogP contribution >= 0.6 is 0 Å². The molecule has 0 saturated carbocycles. The predicted molar refractivity (Wildman–Crippen MR) is 83.0 cm³/mol. The van der Waals surface area contributed by atoms with Crippen LogP contribution < -0.4 is 4.74 Å². The van der Waals surface area contributed by atoms with Crippen LogP contribution in [0.25, 0.3) is 11.0 Å². The number of non-ortho nitro benzene ring substituents is 1. The summed E-state index contributed by atoms with van der Waals surface area (Å²) in [7, 11) is 0. The van der Waals surface area contributed by atoms with E-state index in [0.717, 1.165) is 11.3 Å². The molecule has 0 fully saturated rings. The van der Waals surface area contributed by atoms with Crippen molar-refractivity contribution in [3.63, 3.8) is 0 Å². The Morgan fingerprint density at radius 2 is 2.00 bits per heavy atom. The maximum atomic E-state index is 10.8. The van der Waals surface area contributed by atoms with E-state index < -0.39 is 4.92 Å². The molecular formula is C16H15N3O3. The van der Waals surface area contributed by atoms with Gasteiger partial charge in [-0.1, -0.05) is 6.07 Å². The third-order valence-corrected chi connectivity index (χ3v) is 3.58. The van der Waals surface area contributed by atoms with Gasteiger partial charge in [0.1, 0.15) is 18.2 Å². The summed E-state index contributed by atoms with van der Waals surface area (Å²) in [6, 6.07) is 10.4. The molecule has 22 heavy (non-hydrogen) atoms. The van der Waals surface area contributed by atoms with Gasteiger partial charge in [0, 0.05) is 12.1 Å². The Labute approximate surface area is 126 Å². The second kappa shape index (κ2) is 5.48. The Morgan fingerprint density at radius 1 is 1.18 bits per heavy atom. The molecule has 0 aliphatic rings. The SMILES string of the molecule is Cc1ccc(OCc2nc3ccc([N+](=O)[O-])cc3[nH]2)cc1C. The molecule has 0 spiro atoms. The molecule has 2 aromatic carbocycles. The van der Waals surface area contributed by atoms with Crippen molar-refractivity contribution >= 4 is 16.7 Å². The summed E-state index contributed by atoms with van der Waals surface area (Å²) in [6.45, 7) is 4.36. The number of rotatable bonds is 4. The van der Waals surface area contributed by atoms with E-state index in [1.165, 1.54) is 17.7 Å². The van der Waals surface area contributed by atoms with E-state index in [1.54, 1.807) is 6.07 Å². The maximum Gasteiger partial charge on any atom is 0.271 e. The van der Waals surface area contributed by atoms with Gasteiger partial charge in [0.05, 0.1) is 16.0 Å². The highest BCUT2D eigenvalue weighted by molar-refractivity contribution is 5.77. The number of ether oxygens (including phenoxy) is 1. The summed E-state index contributed by atoms with van der Waals surface area (Å²) in [5.74, 6) is 1.41. The van der Waals surface area contributed by atoms with E-state index in [-0.39, 0.29) is 12.3 Å². The first-order valence-electron chi connectivity index (χ1n) is 6.86. The van der Waals surface area contributed by atoms with E-state index in [9.17, 15) is 10.1 Å². The van der Waals surface area contributed by atoms with Crippen LogP contribution in [0.15, 0.2) is 36.4 Å². The summed E-state index contributed by atoms with van der Waals surface area (Å²) < 4.78 is 5.71. The molecule has 6 heteroatoms. The number of imidazole rings is 1. The average molecular weight is 297 g/mol. The summed E-state index contributed by atoms with van der Waals surface area (Å²) >= 11 is 0. The van der Waals surface area contributed by atoms with Crippen molar-refractivity contribution in [1.82, 2.24) is 9.97 Å².